The summed E-state index contributed by atoms with van der Waals surface area (Å²) in [7, 11) is 0. The molecule has 0 amide bonds. The van der Waals surface area contributed by atoms with Crippen molar-refractivity contribution in [1.82, 2.24) is 4.90 Å². The Bertz CT molecular complexity index is 420. The van der Waals surface area contributed by atoms with E-state index < -0.39 is 11.9 Å². The topological polar surface area (TPSA) is 36.3 Å². The highest BCUT2D eigenvalue weighted by molar-refractivity contribution is 6.31. The van der Waals surface area contributed by atoms with Crippen LogP contribution in [0.25, 0.3) is 0 Å². The SMILES string of the molecule is N#CC(c1c(F)cccc1Cl)N1CCOCC1. The Morgan fingerprint density at radius 2 is 2.12 bits per heavy atom. The highest BCUT2D eigenvalue weighted by Gasteiger charge is 2.26. The van der Waals surface area contributed by atoms with Gasteiger partial charge in [-0.05, 0) is 12.1 Å². The molecule has 0 aromatic heterocycles. The monoisotopic (exact) mass is 254 g/mol. The van der Waals surface area contributed by atoms with Crippen molar-refractivity contribution >= 4 is 11.6 Å². The van der Waals surface area contributed by atoms with Gasteiger partial charge in [-0.25, -0.2) is 4.39 Å². The summed E-state index contributed by atoms with van der Waals surface area (Å²) >= 11 is 5.97. The Kier molecular flexibility index (Phi) is 3.95. The van der Waals surface area contributed by atoms with Crippen LogP contribution in [0.2, 0.25) is 5.02 Å². The van der Waals surface area contributed by atoms with Crippen molar-refractivity contribution in [1.29, 1.82) is 5.26 Å². The van der Waals surface area contributed by atoms with Crippen LogP contribution in [0.5, 0.6) is 0 Å². The van der Waals surface area contributed by atoms with Gasteiger partial charge in [-0.15, -0.1) is 0 Å². The molecule has 5 heteroatoms. The van der Waals surface area contributed by atoms with E-state index in [0.29, 0.717) is 31.3 Å². The van der Waals surface area contributed by atoms with Crippen molar-refractivity contribution in [3.8, 4) is 6.07 Å². The van der Waals surface area contributed by atoms with Crippen LogP contribution in [0.15, 0.2) is 18.2 Å². The lowest BCUT2D eigenvalue weighted by Gasteiger charge is -2.31. The zero-order valence-electron chi connectivity index (χ0n) is 9.20. The zero-order chi connectivity index (χ0) is 12.3. The lowest BCUT2D eigenvalue weighted by atomic mass is 10.1. The van der Waals surface area contributed by atoms with Crippen molar-refractivity contribution in [3.05, 3.63) is 34.6 Å². The van der Waals surface area contributed by atoms with Crippen LogP contribution in [0.3, 0.4) is 0 Å². The van der Waals surface area contributed by atoms with Crippen molar-refractivity contribution in [2.24, 2.45) is 0 Å². The molecule has 1 aromatic carbocycles. The smallest absolute Gasteiger partial charge is 0.130 e. The van der Waals surface area contributed by atoms with Crippen LogP contribution in [0, 0.1) is 17.1 Å². The zero-order valence-corrected chi connectivity index (χ0v) is 9.95. The summed E-state index contributed by atoms with van der Waals surface area (Å²) in [5.74, 6) is -0.435. The minimum atomic E-state index is -0.646. The minimum Gasteiger partial charge on any atom is -0.379 e. The third kappa shape index (κ3) is 2.58. The molecule has 2 rings (SSSR count). The maximum absolute atomic E-state index is 13.7. The molecule has 17 heavy (non-hydrogen) atoms. The Morgan fingerprint density at radius 3 is 2.71 bits per heavy atom. The summed E-state index contributed by atoms with van der Waals surface area (Å²) in [5, 5.41) is 9.52. The van der Waals surface area contributed by atoms with E-state index in [-0.39, 0.29) is 5.56 Å². The molecule has 1 fully saturated rings. The lowest BCUT2D eigenvalue weighted by Crippen LogP contribution is -2.39. The molecule has 0 radical (unpaired) electrons. The number of halogens is 2. The Morgan fingerprint density at radius 1 is 1.41 bits per heavy atom. The number of benzene rings is 1. The molecular weight excluding hydrogens is 243 g/mol. The van der Waals surface area contributed by atoms with Gasteiger partial charge in [0, 0.05) is 23.7 Å². The first-order valence-electron chi connectivity index (χ1n) is 5.39. The number of ether oxygens (including phenoxy) is 1. The van der Waals surface area contributed by atoms with E-state index in [1.807, 2.05) is 4.90 Å². The minimum absolute atomic E-state index is 0.263. The Labute approximate surface area is 104 Å². The van der Waals surface area contributed by atoms with E-state index in [0.717, 1.165) is 0 Å². The Hall–Kier alpha value is -1.15. The summed E-state index contributed by atoms with van der Waals surface area (Å²) < 4.78 is 19.0. The number of morpholine rings is 1. The van der Waals surface area contributed by atoms with Gasteiger partial charge in [0.1, 0.15) is 11.9 Å². The summed E-state index contributed by atoms with van der Waals surface area (Å²) in [6.07, 6.45) is 0. The van der Waals surface area contributed by atoms with Crippen molar-refractivity contribution < 1.29 is 9.13 Å². The van der Waals surface area contributed by atoms with Gasteiger partial charge in [-0.1, -0.05) is 17.7 Å². The van der Waals surface area contributed by atoms with Crippen molar-refractivity contribution in [2.45, 2.75) is 6.04 Å². The highest BCUT2D eigenvalue weighted by Crippen LogP contribution is 2.29. The fourth-order valence-corrected chi connectivity index (χ4v) is 2.20. The fraction of sp³-hybridized carbons (Fsp3) is 0.417. The van der Waals surface area contributed by atoms with Gasteiger partial charge in [0.05, 0.1) is 19.3 Å². The molecule has 1 aliphatic rings. The highest BCUT2D eigenvalue weighted by atomic mass is 35.5. The molecule has 1 heterocycles. The van der Waals surface area contributed by atoms with Crippen LogP contribution in [-0.2, 0) is 4.74 Å². The third-order valence-corrected chi connectivity index (χ3v) is 3.14. The first kappa shape index (κ1) is 12.3. The quantitative estimate of drug-likeness (QED) is 0.813. The first-order chi connectivity index (χ1) is 8.24. The number of nitrogens with zero attached hydrogens (tertiary/aromatic N) is 2. The summed E-state index contributed by atoms with van der Waals surface area (Å²) in [4.78, 5) is 1.88. The van der Waals surface area contributed by atoms with E-state index in [1.165, 1.54) is 12.1 Å². The van der Waals surface area contributed by atoms with Gasteiger partial charge in [0.25, 0.3) is 0 Å². The van der Waals surface area contributed by atoms with Gasteiger partial charge < -0.3 is 4.74 Å². The molecule has 0 N–H and O–H groups in total. The maximum Gasteiger partial charge on any atom is 0.130 e. The molecule has 0 bridgehead atoms. The molecule has 3 nitrogen and oxygen atoms in total. The summed E-state index contributed by atoms with van der Waals surface area (Å²) in [6.45, 7) is 2.35. The van der Waals surface area contributed by atoms with E-state index in [9.17, 15) is 9.65 Å². The van der Waals surface area contributed by atoms with Gasteiger partial charge in [-0.2, -0.15) is 5.26 Å². The van der Waals surface area contributed by atoms with Gasteiger partial charge in [-0.3, -0.25) is 4.90 Å². The average molecular weight is 255 g/mol. The molecule has 1 aliphatic heterocycles. The van der Waals surface area contributed by atoms with E-state index in [1.54, 1.807) is 6.07 Å². The number of nitriles is 1. The van der Waals surface area contributed by atoms with Gasteiger partial charge >= 0.3 is 0 Å². The molecule has 1 unspecified atom stereocenters. The predicted molar refractivity (Wildman–Crippen MR) is 62.2 cm³/mol. The second kappa shape index (κ2) is 5.46. The molecular formula is C12H12ClFN2O. The van der Waals surface area contributed by atoms with Crippen LogP contribution in [-0.4, -0.2) is 31.2 Å². The predicted octanol–water partition coefficient (Wildman–Crippen LogP) is 2.38. The third-order valence-electron chi connectivity index (χ3n) is 2.81. The molecule has 1 atom stereocenters. The van der Waals surface area contributed by atoms with Crippen LogP contribution < -0.4 is 0 Å². The van der Waals surface area contributed by atoms with Crippen LogP contribution in [0.1, 0.15) is 11.6 Å². The second-order valence-electron chi connectivity index (χ2n) is 3.82. The number of hydrogen-bond acceptors (Lipinski definition) is 3. The molecule has 1 saturated heterocycles. The summed E-state index contributed by atoms with van der Waals surface area (Å²) in [5.41, 5.74) is 0.263. The largest absolute Gasteiger partial charge is 0.379 e. The Balaban J connectivity index is 2.32. The molecule has 0 aliphatic carbocycles. The lowest BCUT2D eigenvalue weighted by molar-refractivity contribution is 0.0261. The van der Waals surface area contributed by atoms with Crippen LogP contribution in [0.4, 0.5) is 4.39 Å². The summed E-state index contributed by atoms with van der Waals surface area (Å²) in [6, 6.07) is 5.93. The van der Waals surface area contributed by atoms with E-state index in [2.05, 4.69) is 6.07 Å². The molecule has 90 valence electrons. The second-order valence-corrected chi connectivity index (χ2v) is 4.22. The maximum atomic E-state index is 13.7. The van der Waals surface area contributed by atoms with Crippen molar-refractivity contribution in [3.63, 3.8) is 0 Å². The number of rotatable bonds is 2. The van der Waals surface area contributed by atoms with E-state index >= 15 is 0 Å². The average Bonchev–Trinajstić information content (AvgIpc) is 2.35. The molecule has 1 aromatic rings. The first-order valence-corrected chi connectivity index (χ1v) is 5.77. The standard InChI is InChI=1S/C12H12ClFN2O/c13-9-2-1-3-10(14)12(9)11(8-15)16-4-6-17-7-5-16/h1-3,11H,4-7H2. The molecule has 0 spiro atoms. The van der Waals surface area contributed by atoms with Gasteiger partial charge in [0.15, 0.2) is 0 Å². The van der Waals surface area contributed by atoms with Crippen molar-refractivity contribution in [2.75, 3.05) is 26.3 Å². The van der Waals surface area contributed by atoms with Gasteiger partial charge in [0.2, 0.25) is 0 Å². The number of hydrogen-bond donors (Lipinski definition) is 0. The fourth-order valence-electron chi connectivity index (χ4n) is 1.94. The molecule has 0 saturated carbocycles. The van der Waals surface area contributed by atoms with E-state index in [4.69, 9.17) is 16.3 Å². The normalized spacial score (nSPS) is 18.6. The van der Waals surface area contributed by atoms with Crippen LogP contribution >= 0.6 is 11.6 Å².